The number of methoxy groups -OCH3 is 1. The van der Waals surface area contributed by atoms with E-state index in [0.717, 1.165) is 36.3 Å². The summed E-state index contributed by atoms with van der Waals surface area (Å²) in [5.74, 6) is 1.32. The second-order valence-corrected chi connectivity index (χ2v) is 7.17. The van der Waals surface area contributed by atoms with Gasteiger partial charge in [0.1, 0.15) is 5.75 Å². The van der Waals surface area contributed by atoms with Crippen LogP contribution in [-0.2, 0) is 0 Å². The van der Waals surface area contributed by atoms with E-state index in [1.807, 2.05) is 41.3 Å². The number of ether oxygens (including phenoxy) is 1. The average Bonchev–Trinajstić information content (AvgIpc) is 3.24. The molecular formula is C22H20ClN3O2. The van der Waals surface area contributed by atoms with Crippen LogP contribution in [0.2, 0.25) is 5.02 Å². The molecule has 1 atom stereocenters. The molecule has 1 unspecified atom stereocenters. The minimum atomic E-state index is -0.0482. The maximum absolute atomic E-state index is 13.1. The van der Waals surface area contributed by atoms with Gasteiger partial charge in [-0.25, -0.2) is 9.97 Å². The number of rotatable bonds is 4. The van der Waals surface area contributed by atoms with Gasteiger partial charge in [-0.2, -0.15) is 0 Å². The van der Waals surface area contributed by atoms with Crippen molar-refractivity contribution in [3.05, 3.63) is 77.1 Å². The molecule has 0 spiro atoms. The fourth-order valence-corrected chi connectivity index (χ4v) is 3.68. The molecule has 3 aromatic rings. The Bertz CT molecular complexity index is 974. The van der Waals surface area contributed by atoms with Gasteiger partial charge in [0.2, 0.25) is 0 Å². The Kier molecular flexibility index (Phi) is 5.26. The van der Waals surface area contributed by atoms with Gasteiger partial charge in [0.05, 0.1) is 18.7 Å². The van der Waals surface area contributed by atoms with Crippen molar-refractivity contribution in [1.29, 1.82) is 0 Å². The summed E-state index contributed by atoms with van der Waals surface area (Å²) in [6, 6.07) is 15.3. The van der Waals surface area contributed by atoms with E-state index in [-0.39, 0.29) is 11.9 Å². The average molecular weight is 394 g/mol. The number of likely N-dealkylation sites (tertiary alicyclic amines) is 1. The van der Waals surface area contributed by atoms with Crippen molar-refractivity contribution >= 4 is 17.5 Å². The van der Waals surface area contributed by atoms with Crippen LogP contribution < -0.4 is 4.74 Å². The summed E-state index contributed by atoms with van der Waals surface area (Å²) in [7, 11) is 1.65. The molecule has 2 heterocycles. The van der Waals surface area contributed by atoms with Crippen molar-refractivity contribution in [2.75, 3.05) is 13.7 Å². The van der Waals surface area contributed by atoms with E-state index in [2.05, 4.69) is 9.97 Å². The third-order valence-electron chi connectivity index (χ3n) is 4.99. The summed E-state index contributed by atoms with van der Waals surface area (Å²) >= 11 is 5.92. The maximum atomic E-state index is 13.1. The third kappa shape index (κ3) is 3.71. The molecule has 6 heteroatoms. The van der Waals surface area contributed by atoms with Gasteiger partial charge in [-0.3, -0.25) is 4.79 Å². The summed E-state index contributed by atoms with van der Waals surface area (Å²) in [4.78, 5) is 23.7. The zero-order valence-corrected chi connectivity index (χ0v) is 16.3. The van der Waals surface area contributed by atoms with E-state index in [9.17, 15) is 4.79 Å². The summed E-state index contributed by atoms with van der Waals surface area (Å²) in [5.41, 5.74) is 2.44. The summed E-state index contributed by atoms with van der Waals surface area (Å²) in [6.45, 7) is 0.722. The molecule has 2 aromatic carbocycles. The smallest absolute Gasteiger partial charge is 0.257 e. The van der Waals surface area contributed by atoms with E-state index in [0.29, 0.717) is 16.4 Å². The predicted molar refractivity (Wildman–Crippen MR) is 108 cm³/mol. The van der Waals surface area contributed by atoms with Gasteiger partial charge in [-0.1, -0.05) is 23.7 Å². The van der Waals surface area contributed by atoms with Gasteiger partial charge in [-0.05, 0) is 54.8 Å². The van der Waals surface area contributed by atoms with Crippen LogP contribution in [0, 0.1) is 0 Å². The summed E-state index contributed by atoms with van der Waals surface area (Å²) in [6.07, 6.45) is 5.10. The van der Waals surface area contributed by atoms with Crippen LogP contribution in [0.25, 0.3) is 11.4 Å². The number of hydrogen-bond donors (Lipinski definition) is 0. The van der Waals surface area contributed by atoms with Crippen LogP contribution in [0.15, 0.2) is 60.9 Å². The molecule has 0 bridgehead atoms. The molecule has 1 aliphatic heterocycles. The lowest BCUT2D eigenvalue weighted by molar-refractivity contribution is 0.0734. The first-order valence-electron chi connectivity index (χ1n) is 9.18. The van der Waals surface area contributed by atoms with E-state index in [1.165, 1.54) is 0 Å². The standard InChI is InChI=1S/C22H20ClN3O2/c1-28-19-5-2-4-16(12-19)20-6-3-11-26(20)22(27)17-13-24-21(25-14-17)15-7-9-18(23)10-8-15/h2,4-5,7-10,12-14,20H,3,6,11H2,1H3. The highest BCUT2D eigenvalue weighted by Crippen LogP contribution is 2.34. The predicted octanol–water partition coefficient (Wildman–Crippen LogP) is 4.78. The van der Waals surface area contributed by atoms with Gasteiger partial charge >= 0.3 is 0 Å². The highest BCUT2D eigenvalue weighted by Gasteiger charge is 2.31. The van der Waals surface area contributed by atoms with Gasteiger partial charge < -0.3 is 9.64 Å². The molecule has 1 fully saturated rings. The first-order valence-corrected chi connectivity index (χ1v) is 9.56. The van der Waals surface area contributed by atoms with Crippen molar-refractivity contribution in [3.63, 3.8) is 0 Å². The Morgan fingerprint density at radius 2 is 1.89 bits per heavy atom. The van der Waals surface area contributed by atoms with Crippen LogP contribution >= 0.6 is 11.6 Å². The normalized spacial score (nSPS) is 16.2. The largest absolute Gasteiger partial charge is 0.497 e. The van der Waals surface area contributed by atoms with Crippen molar-refractivity contribution < 1.29 is 9.53 Å². The fraction of sp³-hybridized carbons (Fsp3) is 0.227. The van der Waals surface area contributed by atoms with Crippen molar-refractivity contribution in [3.8, 4) is 17.1 Å². The summed E-state index contributed by atoms with van der Waals surface area (Å²) in [5, 5.41) is 0.660. The monoisotopic (exact) mass is 393 g/mol. The number of hydrogen-bond acceptors (Lipinski definition) is 4. The second-order valence-electron chi connectivity index (χ2n) is 6.74. The molecule has 5 nitrogen and oxygen atoms in total. The van der Waals surface area contributed by atoms with Gasteiger partial charge in [0, 0.05) is 29.5 Å². The number of nitrogens with zero attached hydrogens (tertiary/aromatic N) is 3. The zero-order valence-electron chi connectivity index (χ0n) is 15.5. The highest BCUT2D eigenvalue weighted by atomic mass is 35.5. The number of benzene rings is 2. The van der Waals surface area contributed by atoms with Crippen LogP contribution in [0.1, 0.15) is 34.8 Å². The van der Waals surface area contributed by atoms with Crippen LogP contribution in [0.3, 0.4) is 0 Å². The molecule has 0 saturated carbocycles. The van der Waals surface area contributed by atoms with E-state index < -0.39 is 0 Å². The van der Waals surface area contributed by atoms with Crippen LogP contribution in [0.4, 0.5) is 0 Å². The second kappa shape index (κ2) is 7.98. The van der Waals surface area contributed by atoms with E-state index in [4.69, 9.17) is 16.3 Å². The highest BCUT2D eigenvalue weighted by molar-refractivity contribution is 6.30. The van der Waals surface area contributed by atoms with Crippen LogP contribution in [-0.4, -0.2) is 34.4 Å². The van der Waals surface area contributed by atoms with Crippen molar-refractivity contribution in [2.45, 2.75) is 18.9 Å². The van der Waals surface area contributed by atoms with Crippen molar-refractivity contribution in [2.24, 2.45) is 0 Å². The lowest BCUT2D eigenvalue weighted by Gasteiger charge is -2.25. The molecule has 1 amide bonds. The van der Waals surface area contributed by atoms with Gasteiger partial charge in [0.15, 0.2) is 5.82 Å². The number of aromatic nitrogens is 2. The number of amides is 1. The molecule has 28 heavy (non-hydrogen) atoms. The van der Waals surface area contributed by atoms with Crippen LogP contribution in [0.5, 0.6) is 5.75 Å². The Hall–Kier alpha value is -2.92. The molecule has 1 saturated heterocycles. The zero-order chi connectivity index (χ0) is 19.5. The minimum absolute atomic E-state index is 0.0403. The number of carbonyl (C=O) groups is 1. The lowest BCUT2D eigenvalue weighted by Crippen LogP contribution is -2.30. The van der Waals surface area contributed by atoms with Gasteiger partial charge in [-0.15, -0.1) is 0 Å². The summed E-state index contributed by atoms with van der Waals surface area (Å²) < 4.78 is 5.33. The first-order chi connectivity index (χ1) is 13.7. The molecule has 1 aromatic heterocycles. The Morgan fingerprint density at radius 3 is 2.61 bits per heavy atom. The minimum Gasteiger partial charge on any atom is -0.497 e. The maximum Gasteiger partial charge on any atom is 0.257 e. The molecule has 0 aliphatic carbocycles. The van der Waals surface area contributed by atoms with E-state index in [1.54, 1.807) is 31.6 Å². The topological polar surface area (TPSA) is 55.3 Å². The van der Waals surface area contributed by atoms with Gasteiger partial charge in [0.25, 0.3) is 5.91 Å². The fourth-order valence-electron chi connectivity index (χ4n) is 3.56. The molecule has 0 radical (unpaired) electrons. The molecule has 0 N–H and O–H groups in total. The molecule has 1 aliphatic rings. The molecular weight excluding hydrogens is 374 g/mol. The first kappa shape index (κ1) is 18.4. The lowest BCUT2D eigenvalue weighted by atomic mass is 10.0. The number of halogens is 1. The quantitative estimate of drug-likeness (QED) is 0.639. The Balaban J connectivity index is 1.55. The van der Waals surface area contributed by atoms with Crippen molar-refractivity contribution in [1.82, 2.24) is 14.9 Å². The molecule has 4 rings (SSSR count). The van der Waals surface area contributed by atoms with E-state index >= 15 is 0 Å². The third-order valence-corrected chi connectivity index (χ3v) is 5.25. The Labute approximate surface area is 169 Å². The number of carbonyl (C=O) groups excluding carboxylic acids is 1. The Morgan fingerprint density at radius 1 is 1.14 bits per heavy atom. The SMILES string of the molecule is COc1cccc(C2CCCN2C(=O)c2cnc(-c3ccc(Cl)cc3)nc2)c1. The molecule has 142 valence electrons.